The molecule has 6 nitrogen and oxygen atoms in total. The van der Waals surface area contributed by atoms with Crippen molar-refractivity contribution in [1.29, 1.82) is 0 Å². The Kier molecular flexibility index (Phi) is 4.01. The topological polar surface area (TPSA) is 66.1 Å². The van der Waals surface area contributed by atoms with Gasteiger partial charge in [-0.1, -0.05) is 0 Å². The largest absolute Gasteiger partial charge is 0.461 e. The Morgan fingerprint density at radius 1 is 1.36 bits per heavy atom. The number of fused-ring (bicyclic) bond motifs is 3. The van der Waals surface area contributed by atoms with Crippen molar-refractivity contribution in [2.45, 2.75) is 16.9 Å². The highest BCUT2D eigenvalue weighted by Crippen LogP contribution is 2.46. The number of esters is 1. The van der Waals surface area contributed by atoms with Crippen LogP contribution in [0.1, 0.15) is 23.0 Å². The van der Waals surface area contributed by atoms with Crippen LogP contribution in [0.2, 0.25) is 0 Å². The molecule has 25 heavy (non-hydrogen) atoms. The molecule has 0 N–H and O–H groups in total. The van der Waals surface area contributed by atoms with Crippen LogP contribution < -0.4 is 5.56 Å². The van der Waals surface area contributed by atoms with E-state index in [9.17, 15) is 9.59 Å². The predicted octanol–water partition coefficient (Wildman–Crippen LogP) is 3.08. The van der Waals surface area contributed by atoms with E-state index in [1.54, 1.807) is 54.0 Å². The lowest BCUT2D eigenvalue weighted by Crippen LogP contribution is -2.16. The quantitative estimate of drug-likeness (QED) is 0.660. The van der Waals surface area contributed by atoms with Crippen molar-refractivity contribution in [3.8, 4) is 16.9 Å². The molecule has 4 heterocycles. The lowest BCUT2D eigenvalue weighted by molar-refractivity contribution is 0.0518. The number of hydrogen-bond acceptors (Lipinski definition) is 6. The SMILES string of the molecule is CCOC(=O)c1nn(-c2ccc(=O)n(C)c2)c2c1CSc1sccc1-2. The van der Waals surface area contributed by atoms with Gasteiger partial charge in [-0.05, 0) is 24.4 Å². The fourth-order valence-electron chi connectivity index (χ4n) is 2.84. The Hall–Kier alpha value is -2.32. The van der Waals surface area contributed by atoms with Gasteiger partial charge in [-0.15, -0.1) is 23.1 Å². The summed E-state index contributed by atoms with van der Waals surface area (Å²) in [5, 5.41) is 6.58. The van der Waals surface area contributed by atoms with Gasteiger partial charge < -0.3 is 9.30 Å². The molecule has 0 fully saturated rings. The molecule has 0 radical (unpaired) electrons. The van der Waals surface area contributed by atoms with Crippen molar-refractivity contribution in [2.24, 2.45) is 7.05 Å². The first-order chi connectivity index (χ1) is 12.1. The molecule has 0 spiro atoms. The van der Waals surface area contributed by atoms with E-state index in [-0.39, 0.29) is 5.56 Å². The first-order valence-corrected chi connectivity index (χ1v) is 9.63. The van der Waals surface area contributed by atoms with Gasteiger partial charge in [0, 0.05) is 36.2 Å². The molecular formula is C17H15N3O3S2. The standard InChI is InChI=1S/C17H15N3O3S2/c1-3-23-16(22)14-12-9-25-17-11(6-7-24-17)15(12)20(18-14)10-4-5-13(21)19(2)8-10/h4-8H,3,9H2,1-2H3. The number of thiophene rings is 1. The zero-order valence-corrected chi connectivity index (χ0v) is 15.3. The van der Waals surface area contributed by atoms with E-state index in [1.165, 1.54) is 14.8 Å². The highest BCUT2D eigenvalue weighted by Gasteiger charge is 2.30. The van der Waals surface area contributed by atoms with E-state index in [0.29, 0.717) is 18.1 Å². The summed E-state index contributed by atoms with van der Waals surface area (Å²) in [6.45, 7) is 2.08. The third kappa shape index (κ3) is 2.61. The molecule has 0 saturated heterocycles. The van der Waals surface area contributed by atoms with E-state index in [2.05, 4.69) is 5.10 Å². The fourth-order valence-corrected chi connectivity index (χ4v) is 4.94. The van der Waals surface area contributed by atoms with E-state index in [4.69, 9.17) is 4.74 Å². The molecule has 128 valence electrons. The van der Waals surface area contributed by atoms with Crippen LogP contribution in [0, 0.1) is 0 Å². The van der Waals surface area contributed by atoms with Gasteiger partial charge in [0.1, 0.15) is 0 Å². The number of aryl methyl sites for hydroxylation is 1. The van der Waals surface area contributed by atoms with Gasteiger partial charge in [0.05, 0.1) is 22.2 Å². The molecule has 4 rings (SSSR count). The van der Waals surface area contributed by atoms with Crippen molar-refractivity contribution in [2.75, 3.05) is 6.61 Å². The Labute approximate surface area is 152 Å². The Morgan fingerprint density at radius 3 is 2.96 bits per heavy atom. The third-order valence-corrected chi connectivity index (χ3v) is 6.26. The van der Waals surface area contributed by atoms with E-state index in [1.807, 2.05) is 11.4 Å². The van der Waals surface area contributed by atoms with Gasteiger partial charge in [0.2, 0.25) is 5.56 Å². The maximum absolute atomic E-state index is 12.4. The summed E-state index contributed by atoms with van der Waals surface area (Å²) in [6, 6.07) is 5.26. The van der Waals surface area contributed by atoms with Gasteiger partial charge in [-0.3, -0.25) is 4.79 Å². The molecule has 0 aromatic carbocycles. The Balaban J connectivity index is 1.97. The number of ether oxygens (including phenoxy) is 1. The van der Waals surface area contributed by atoms with Gasteiger partial charge in [0.15, 0.2) is 5.69 Å². The lowest BCUT2D eigenvalue weighted by atomic mass is 10.1. The number of pyridine rings is 1. The van der Waals surface area contributed by atoms with Gasteiger partial charge in [-0.2, -0.15) is 5.10 Å². The minimum Gasteiger partial charge on any atom is -0.461 e. The summed E-state index contributed by atoms with van der Waals surface area (Å²) in [4.78, 5) is 24.1. The molecule has 3 aromatic rings. The van der Waals surface area contributed by atoms with Crippen molar-refractivity contribution >= 4 is 29.1 Å². The van der Waals surface area contributed by atoms with Crippen molar-refractivity contribution in [3.05, 3.63) is 51.4 Å². The maximum atomic E-state index is 12.4. The van der Waals surface area contributed by atoms with Crippen LogP contribution in [0.15, 0.2) is 38.8 Å². The van der Waals surface area contributed by atoms with Crippen molar-refractivity contribution in [3.63, 3.8) is 0 Å². The van der Waals surface area contributed by atoms with Crippen LogP contribution in [-0.2, 0) is 17.5 Å². The number of rotatable bonds is 3. The monoisotopic (exact) mass is 373 g/mol. The third-order valence-electron chi connectivity index (χ3n) is 4.00. The molecule has 1 aliphatic rings. The molecule has 3 aromatic heterocycles. The zero-order chi connectivity index (χ0) is 17.6. The van der Waals surface area contributed by atoms with Gasteiger partial charge in [0.25, 0.3) is 0 Å². The zero-order valence-electron chi connectivity index (χ0n) is 13.7. The molecule has 0 atom stereocenters. The number of thioether (sulfide) groups is 1. The number of hydrogen-bond donors (Lipinski definition) is 0. The summed E-state index contributed by atoms with van der Waals surface area (Å²) in [5.41, 5.74) is 3.82. The van der Waals surface area contributed by atoms with E-state index < -0.39 is 5.97 Å². The molecule has 0 unspecified atom stereocenters. The summed E-state index contributed by atoms with van der Waals surface area (Å²) in [7, 11) is 1.69. The Bertz CT molecular complexity index is 1030. The first-order valence-electron chi connectivity index (χ1n) is 7.77. The minimum absolute atomic E-state index is 0.0952. The molecule has 0 saturated carbocycles. The van der Waals surface area contributed by atoms with Crippen molar-refractivity contribution < 1.29 is 9.53 Å². The van der Waals surface area contributed by atoms with Crippen LogP contribution in [0.4, 0.5) is 0 Å². The number of aromatic nitrogens is 3. The maximum Gasteiger partial charge on any atom is 0.359 e. The summed E-state index contributed by atoms with van der Waals surface area (Å²) in [6.07, 6.45) is 1.72. The van der Waals surface area contributed by atoms with Crippen LogP contribution in [0.25, 0.3) is 16.9 Å². The van der Waals surface area contributed by atoms with Crippen molar-refractivity contribution in [1.82, 2.24) is 14.3 Å². The average Bonchev–Trinajstić information content (AvgIpc) is 3.21. The molecule has 8 heteroatoms. The average molecular weight is 373 g/mol. The molecule has 0 bridgehead atoms. The van der Waals surface area contributed by atoms with Gasteiger partial charge >= 0.3 is 5.97 Å². The Morgan fingerprint density at radius 2 is 2.20 bits per heavy atom. The van der Waals surface area contributed by atoms with Crippen LogP contribution in [0.3, 0.4) is 0 Å². The van der Waals surface area contributed by atoms with Gasteiger partial charge in [-0.25, -0.2) is 9.48 Å². The fraction of sp³-hybridized carbons (Fsp3) is 0.235. The number of carbonyl (C=O) groups is 1. The van der Waals surface area contributed by atoms with Crippen LogP contribution >= 0.6 is 23.1 Å². The molecule has 1 aliphatic heterocycles. The second-order valence-corrected chi connectivity index (χ2v) is 7.72. The van der Waals surface area contributed by atoms with Crippen LogP contribution in [-0.4, -0.2) is 26.9 Å². The second kappa shape index (κ2) is 6.20. The summed E-state index contributed by atoms with van der Waals surface area (Å²) < 4.78 is 9.62. The molecule has 0 aliphatic carbocycles. The second-order valence-electron chi connectivity index (χ2n) is 5.55. The number of nitrogens with zero attached hydrogens (tertiary/aromatic N) is 3. The minimum atomic E-state index is -0.415. The highest BCUT2D eigenvalue weighted by atomic mass is 32.2. The van der Waals surface area contributed by atoms with E-state index >= 15 is 0 Å². The lowest BCUT2D eigenvalue weighted by Gasteiger charge is -2.15. The van der Waals surface area contributed by atoms with Crippen LogP contribution in [0.5, 0.6) is 0 Å². The number of carbonyl (C=O) groups excluding carboxylic acids is 1. The molecule has 0 amide bonds. The van der Waals surface area contributed by atoms with E-state index in [0.717, 1.165) is 22.5 Å². The predicted molar refractivity (Wildman–Crippen MR) is 97.6 cm³/mol. The summed E-state index contributed by atoms with van der Waals surface area (Å²) >= 11 is 3.38. The first kappa shape index (κ1) is 16.2. The highest BCUT2D eigenvalue weighted by molar-refractivity contribution is 8.00. The summed E-state index contributed by atoms with van der Waals surface area (Å²) in [5.74, 6) is 0.254. The smallest absolute Gasteiger partial charge is 0.359 e. The normalized spacial score (nSPS) is 12.6. The molecular weight excluding hydrogens is 358 g/mol.